The third kappa shape index (κ3) is 2.71. The Morgan fingerprint density at radius 3 is 2.07 bits per heavy atom. The van der Waals surface area contributed by atoms with Crippen molar-refractivity contribution in [1.29, 1.82) is 0 Å². The highest BCUT2D eigenvalue weighted by molar-refractivity contribution is 5.46. The smallest absolute Gasteiger partial charge is 0.0162 e. The summed E-state index contributed by atoms with van der Waals surface area (Å²) in [5.74, 6) is 0.791. The van der Waals surface area contributed by atoms with Crippen molar-refractivity contribution in [3.05, 3.63) is 42.0 Å². The summed E-state index contributed by atoms with van der Waals surface area (Å²) in [6.07, 6.45) is 10.0. The van der Waals surface area contributed by atoms with E-state index in [1.54, 1.807) is 6.08 Å². The van der Waals surface area contributed by atoms with Crippen molar-refractivity contribution in [2.75, 3.05) is 0 Å². The lowest BCUT2D eigenvalue weighted by molar-refractivity contribution is 0.592. The average Bonchev–Trinajstić information content (AvgIpc) is 2.58. The van der Waals surface area contributed by atoms with Crippen molar-refractivity contribution < 1.29 is 0 Å². The predicted octanol–water partition coefficient (Wildman–Crippen LogP) is 4.57. The molecule has 0 bridgehead atoms. The number of hydrogen-bond donors (Lipinski definition) is 0. The lowest BCUT2D eigenvalue weighted by atomic mass is 9.91. The molecular formula is C15H19. The molecule has 0 atom stereocenters. The van der Waals surface area contributed by atoms with Crippen LogP contribution in [0.3, 0.4) is 0 Å². The molecule has 79 valence electrons. The summed E-state index contributed by atoms with van der Waals surface area (Å²) < 4.78 is 0. The van der Waals surface area contributed by atoms with Gasteiger partial charge in [-0.1, -0.05) is 62.6 Å². The fourth-order valence-corrected chi connectivity index (χ4v) is 2.49. The summed E-state index contributed by atoms with van der Waals surface area (Å²) in [6, 6.07) is 8.74. The first-order chi connectivity index (χ1) is 7.40. The van der Waals surface area contributed by atoms with Gasteiger partial charge in [-0.25, -0.2) is 0 Å². The Morgan fingerprint density at radius 1 is 0.933 bits per heavy atom. The molecule has 1 saturated carbocycles. The molecule has 1 fully saturated rings. The van der Waals surface area contributed by atoms with E-state index in [9.17, 15) is 0 Å². The highest BCUT2D eigenvalue weighted by Crippen LogP contribution is 2.31. The van der Waals surface area contributed by atoms with Crippen LogP contribution in [0.5, 0.6) is 0 Å². The van der Waals surface area contributed by atoms with Gasteiger partial charge in [0, 0.05) is 0 Å². The molecule has 0 heterocycles. The highest BCUT2D eigenvalue weighted by atomic mass is 14.2. The largest absolute Gasteiger partial charge is 0.0617 e. The van der Waals surface area contributed by atoms with E-state index in [4.69, 9.17) is 6.58 Å². The second kappa shape index (κ2) is 5.16. The maximum absolute atomic E-state index is 5.48. The molecule has 0 nitrogen and oxygen atoms in total. The maximum atomic E-state index is 5.48. The van der Waals surface area contributed by atoms with Crippen LogP contribution in [0.1, 0.15) is 55.6 Å². The second-order valence-corrected chi connectivity index (χ2v) is 4.52. The van der Waals surface area contributed by atoms with Crippen molar-refractivity contribution >= 4 is 6.08 Å². The first kappa shape index (κ1) is 10.5. The van der Waals surface area contributed by atoms with Gasteiger partial charge >= 0.3 is 0 Å². The molecule has 0 unspecified atom stereocenters. The van der Waals surface area contributed by atoms with E-state index >= 15 is 0 Å². The van der Waals surface area contributed by atoms with Gasteiger partial charge in [-0.15, -0.1) is 0 Å². The topological polar surface area (TPSA) is 0 Å². The van der Waals surface area contributed by atoms with Gasteiger partial charge in [0.25, 0.3) is 0 Å². The van der Waals surface area contributed by atoms with Gasteiger partial charge in [0.15, 0.2) is 0 Å². The van der Waals surface area contributed by atoms with E-state index < -0.39 is 0 Å². The molecule has 0 N–H and O–H groups in total. The minimum Gasteiger partial charge on any atom is -0.0617 e. The van der Waals surface area contributed by atoms with Gasteiger partial charge in [0.2, 0.25) is 0 Å². The number of hydrogen-bond acceptors (Lipinski definition) is 0. The Labute approximate surface area is 93.0 Å². The van der Waals surface area contributed by atoms with Crippen molar-refractivity contribution in [3.8, 4) is 0 Å². The third-order valence-electron chi connectivity index (χ3n) is 3.46. The summed E-state index contributed by atoms with van der Waals surface area (Å²) in [6.45, 7) is 5.48. The SMILES string of the molecule is [CH]=Cc1ccc(C2CCCCCC2)cc1. The van der Waals surface area contributed by atoms with Crippen molar-refractivity contribution in [3.63, 3.8) is 0 Å². The van der Waals surface area contributed by atoms with Crippen molar-refractivity contribution in [2.24, 2.45) is 0 Å². The molecule has 0 amide bonds. The molecule has 0 saturated heterocycles. The summed E-state index contributed by atoms with van der Waals surface area (Å²) in [7, 11) is 0. The van der Waals surface area contributed by atoms with Gasteiger partial charge in [-0.05, 0) is 29.9 Å². The summed E-state index contributed by atoms with van der Waals surface area (Å²) in [5.41, 5.74) is 2.62. The molecule has 0 aromatic heterocycles. The fourth-order valence-electron chi connectivity index (χ4n) is 2.49. The van der Waals surface area contributed by atoms with E-state index in [1.165, 1.54) is 44.1 Å². The quantitative estimate of drug-likeness (QED) is 0.612. The molecule has 0 heteroatoms. The predicted molar refractivity (Wildman–Crippen MR) is 65.6 cm³/mol. The zero-order valence-corrected chi connectivity index (χ0v) is 9.28. The molecule has 1 aromatic carbocycles. The summed E-state index contributed by atoms with van der Waals surface area (Å²) >= 11 is 0. The Morgan fingerprint density at radius 2 is 1.53 bits per heavy atom. The van der Waals surface area contributed by atoms with Crippen LogP contribution in [0.15, 0.2) is 24.3 Å². The normalized spacial score (nSPS) is 18.4. The minimum absolute atomic E-state index is 0.791. The third-order valence-corrected chi connectivity index (χ3v) is 3.46. The lowest BCUT2D eigenvalue weighted by Gasteiger charge is -2.14. The van der Waals surface area contributed by atoms with Gasteiger partial charge in [0.1, 0.15) is 0 Å². The molecule has 1 aliphatic carbocycles. The second-order valence-electron chi connectivity index (χ2n) is 4.52. The van der Waals surface area contributed by atoms with Gasteiger partial charge < -0.3 is 0 Å². The summed E-state index contributed by atoms with van der Waals surface area (Å²) in [4.78, 5) is 0. The van der Waals surface area contributed by atoms with Crippen LogP contribution in [0.2, 0.25) is 0 Å². The van der Waals surface area contributed by atoms with Gasteiger partial charge in [-0.3, -0.25) is 0 Å². The monoisotopic (exact) mass is 199 g/mol. The van der Waals surface area contributed by atoms with Crippen LogP contribution in [0, 0.1) is 6.58 Å². The Kier molecular flexibility index (Phi) is 3.60. The Hall–Kier alpha value is -1.04. The molecule has 0 aliphatic heterocycles. The standard InChI is InChI=1S/C15H19/c1-2-13-9-11-15(12-10-13)14-7-5-3-4-6-8-14/h1-2,9-12,14H,3-8H2. The van der Waals surface area contributed by atoms with Crippen LogP contribution >= 0.6 is 0 Å². The molecular weight excluding hydrogens is 180 g/mol. The number of benzene rings is 1. The van der Waals surface area contributed by atoms with E-state index in [0.717, 1.165) is 11.5 Å². The van der Waals surface area contributed by atoms with Crippen LogP contribution in [-0.2, 0) is 0 Å². The molecule has 1 aromatic rings. The zero-order chi connectivity index (χ0) is 10.5. The van der Waals surface area contributed by atoms with Gasteiger partial charge in [-0.2, -0.15) is 0 Å². The Bertz CT molecular complexity index is 299. The van der Waals surface area contributed by atoms with Crippen LogP contribution in [0.4, 0.5) is 0 Å². The average molecular weight is 199 g/mol. The van der Waals surface area contributed by atoms with Crippen molar-refractivity contribution in [1.82, 2.24) is 0 Å². The van der Waals surface area contributed by atoms with E-state index in [0.29, 0.717) is 0 Å². The molecule has 15 heavy (non-hydrogen) atoms. The molecule has 2 rings (SSSR count). The molecule has 1 aliphatic rings. The van der Waals surface area contributed by atoms with Crippen LogP contribution in [0.25, 0.3) is 6.08 Å². The molecule has 0 spiro atoms. The van der Waals surface area contributed by atoms with E-state index in [1.807, 2.05) is 0 Å². The molecule has 1 radical (unpaired) electrons. The number of rotatable bonds is 2. The van der Waals surface area contributed by atoms with Crippen molar-refractivity contribution in [2.45, 2.75) is 44.4 Å². The van der Waals surface area contributed by atoms with Crippen LogP contribution in [-0.4, -0.2) is 0 Å². The maximum Gasteiger partial charge on any atom is -0.0162 e. The zero-order valence-electron chi connectivity index (χ0n) is 9.28. The van der Waals surface area contributed by atoms with E-state index in [2.05, 4.69) is 24.3 Å². The lowest BCUT2D eigenvalue weighted by Crippen LogP contribution is -1.96. The fraction of sp³-hybridized carbons (Fsp3) is 0.467. The van der Waals surface area contributed by atoms with Crippen LogP contribution < -0.4 is 0 Å². The first-order valence-electron chi connectivity index (χ1n) is 6.05. The first-order valence-corrected chi connectivity index (χ1v) is 6.05. The van der Waals surface area contributed by atoms with E-state index in [-0.39, 0.29) is 0 Å². The minimum atomic E-state index is 0.791. The Balaban J connectivity index is 2.09. The van der Waals surface area contributed by atoms with Gasteiger partial charge in [0.05, 0.1) is 0 Å². The highest BCUT2D eigenvalue weighted by Gasteiger charge is 2.13. The summed E-state index contributed by atoms with van der Waals surface area (Å²) in [5, 5.41) is 0.